The Kier molecular flexibility index (Phi) is 6.12. The third-order valence-electron chi connectivity index (χ3n) is 3.48. The number of ether oxygens (including phenoxy) is 1. The largest absolute Gasteiger partial charge is 0.469 e. The van der Waals surface area contributed by atoms with E-state index in [2.05, 4.69) is 31.3 Å². The fourth-order valence-corrected chi connectivity index (χ4v) is 2.76. The van der Waals surface area contributed by atoms with Crippen molar-refractivity contribution in [2.24, 2.45) is 0 Å². The zero-order valence-corrected chi connectivity index (χ0v) is 14.3. The number of nitrogens with zero attached hydrogens (tertiary/aromatic N) is 1. The fourth-order valence-electron chi connectivity index (χ4n) is 2.37. The number of piperazine rings is 1. The highest BCUT2D eigenvalue weighted by atomic mass is 79.9. The Hall–Kier alpha value is -1.93. The SMILES string of the molecule is COC(=O)C[C@H]1C(=O)NCCN1CC(=O)Nc1cccc(Br)c1. The van der Waals surface area contributed by atoms with Crippen molar-refractivity contribution in [3.8, 4) is 0 Å². The quantitative estimate of drug-likeness (QED) is 0.732. The molecule has 1 fully saturated rings. The van der Waals surface area contributed by atoms with Crippen LogP contribution in [0.1, 0.15) is 6.42 Å². The van der Waals surface area contributed by atoms with Crippen LogP contribution in [-0.4, -0.2) is 55.5 Å². The number of carbonyl (C=O) groups is 3. The van der Waals surface area contributed by atoms with Gasteiger partial charge in [0.1, 0.15) is 6.04 Å². The molecular formula is C15H18BrN3O4. The molecule has 1 aliphatic rings. The average Bonchev–Trinajstić information content (AvgIpc) is 2.50. The highest BCUT2D eigenvalue weighted by Gasteiger charge is 2.32. The summed E-state index contributed by atoms with van der Waals surface area (Å²) in [4.78, 5) is 37.3. The van der Waals surface area contributed by atoms with E-state index in [1.807, 2.05) is 12.1 Å². The minimum Gasteiger partial charge on any atom is -0.469 e. The van der Waals surface area contributed by atoms with E-state index in [0.717, 1.165) is 4.47 Å². The number of esters is 1. The minimum absolute atomic E-state index is 0.0294. The van der Waals surface area contributed by atoms with E-state index in [0.29, 0.717) is 18.8 Å². The molecule has 1 aromatic rings. The summed E-state index contributed by atoms with van der Waals surface area (Å²) in [5.74, 6) is -0.992. The zero-order valence-electron chi connectivity index (χ0n) is 12.7. The first kappa shape index (κ1) is 17.4. The smallest absolute Gasteiger partial charge is 0.307 e. The van der Waals surface area contributed by atoms with Crippen molar-refractivity contribution in [2.75, 3.05) is 32.1 Å². The summed E-state index contributed by atoms with van der Waals surface area (Å²) in [6, 6.07) is 6.54. The van der Waals surface area contributed by atoms with Gasteiger partial charge in [0.15, 0.2) is 0 Å². The molecule has 1 atom stereocenters. The van der Waals surface area contributed by atoms with Crippen LogP contribution >= 0.6 is 15.9 Å². The molecule has 124 valence electrons. The van der Waals surface area contributed by atoms with Crippen molar-refractivity contribution in [3.63, 3.8) is 0 Å². The number of amides is 2. The Morgan fingerprint density at radius 1 is 1.48 bits per heavy atom. The average molecular weight is 384 g/mol. The molecular weight excluding hydrogens is 366 g/mol. The Morgan fingerprint density at radius 3 is 2.96 bits per heavy atom. The normalized spacial score (nSPS) is 18.2. The summed E-state index contributed by atoms with van der Waals surface area (Å²) in [6.45, 7) is 0.974. The lowest BCUT2D eigenvalue weighted by Crippen LogP contribution is -2.57. The van der Waals surface area contributed by atoms with Crippen LogP contribution in [0.2, 0.25) is 0 Å². The summed E-state index contributed by atoms with van der Waals surface area (Å²) in [5, 5.41) is 5.47. The second-order valence-corrected chi connectivity index (χ2v) is 6.03. The van der Waals surface area contributed by atoms with Gasteiger partial charge in [-0.3, -0.25) is 19.3 Å². The van der Waals surface area contributed by atoms with Crippen LogP contribution in [-0.2, 0) is 19.1 Å². The maximum Gasteiger partial charge on any atom is 0.307 e. The molecule has 1 saturated heterocycles. The van der Waals surface area contributed by atoms with E-state index in [4.69, 9.17) is 0 Å². The van der Waals surface area contributed by atoms with Crippen molar-refractivity contribution in [1.82, 2.24) is 10.2 Å². The maximum atomic E-state index is 12.2. The number of benzene rings is 1. The molecule has 0 aliphatic carbocycles. The number of hydrogen-bond acceptors (Lipinski definition) is 5. The van der Waals surface area contributed by atoms with Gasteiger partial charge >= 0.3 is 5.97 Å². The van der Waals surface area contributed by atoms with Gasteiger partial charge in [-0.15, -0.1) is 0 Å². The summed E-state index contributed by atoms with van der Waals surface area (Å²) in [7, 11) is 1.27. The van der Waals surface area contributed by atoms with E-state index in [9.17, 15) is 14.4 Å². The predicted molar refractivity (Wildman–Crippen MR) is 87.8 cm³/mol. The lowest BCUT2D eigenvalue weighted by Gasteiger charge is -2.33. The van der Waals surface area contributed by atoms with Crippen molar-refractivity contribution < 1.29 is 19.1 Å². The lowest BCUT2D eigenvalue weighted by atomic mass is 10.1. The molecule has 2 amide bonds. The monoisotopic (exact) mass is 383 g/mol. The van der Waals surface area contributed by atoms with Crippen LogP contribution < -0.4 is 10.6 Å². The highest BCUT2D eigenvalue weighted by Crippen LogP contribution is 2.16. The van der Waals surface area contributed by atoms with Gasteiger partial charge < -0.3 is 15.4 Å². The van der Waals surface area contributed by atoms with Crippen molar-refractivity contribution >= 4 is 39.4 Å². The number of hydrogen-bond donors (Lipinski definition) is 2. The van der Waals surface area contributed by atoms with Gasteiger partial charge in [-0.1, -0.05) is 22.0 Å². The van der Waals surface area contributed by atoms with E-state index >= 15 is 0 Å². The first-order valence-corrected chi connectivity index (χ1v) is 7.93. The van der Waals surface area contributed by atoms with Crippen LogP contribution in [0.25, 0.3) is 0 Å². The number of halogens is 1. The summed E-state index contributed by atoms with van der Waals surface area (Å²) < 4.78 is 5.47. The molecule has 1 heterocycles. The van der Waals surface area contributed by atoms with E-state index < -0.39 is 12.0 Å². The molecule has 23 heavy (non-hydrogen) atoms. The minimum atomic E-state index is -0.690. The molecule has 1 aliphatic heterocycles. The number of nitrogens with one attached hydrogen (secondary N) is 2. The molecule has 7 nitrogen and oxygen atoms in total. The molecule has 0 radical (unpaired) electrons. The highest BCUT2D eigenvalue weighted by molar-refractivity contribution is 9.10. The van der Waals surface area contributed by atoms with E-state index in [1.54, 1.807) is 17.0 Å². The van der Waals surface area contributed by atoms with Gasteiger partial charge in [0, 0.05) is 23.2 Å². The van der Waals surface area contributed by atoms with Crippen LogP contribution in [0.15, 0.2) is 28.7 Å². The second-order valence-electron chi connectivity index (χ2n) is 5.12. The third-order valence-corrected chi connectivity index (χ3v) is 3.98. The van der Waals surface area contributed by atoms with Crippen LogP contribution in [0.4, 0.5) is 5.69 Å². The second kappa shape index (κ2) is 8.07. The zero-order chi connectivity index (χ0) is 16.8. The van der Waals surface area contributed by atoms with Gasteiger partial charge in [0.2, 0.25) is 11.8 Å². The van der Waals surface area contributed by atoms with Crippen molar-refractivity contribution in [2.45, 2.75) is 12.5 Å². The Bertz CT molecular complexity index is 608. The Morgan fingerprint density at radius 2 is 2.26 bits per heavy atom. The fraction of sp³-hybridized carbons (Fsp3) is 0.400. The number of carbonyl (C=O) groups excluding carboxylic acids is 3. The topological polar surface area (TPSA) is 87.7 Å². The summed E-state index contributed by atoms with van der Waals surface area (Å²) in [5.41, 5.74) is 0.662. The molecule has 0 aromatic heterocycles. The molecule has 0 unspecified atom stereocenters. The van der Waals surface area contributed by atoms with Crippen LogP contribution in [0.3, 0.4) is 0 Å². The first-order chi connectivity index (χ1) is 11.0. The Labute approximate surface area is 142 Å². The third kappa shape index (κ3) is 5.04. The van der Waals surface area contributed by atoms with Gasteiger partial charge in [-0.2, -0.15) is 0 Å². The first-order valence-electron chi connectivity index (χ1n) is 7.13. The van der Waals surface area contributed by atoms with Crippen LogP contribution in [0, 0.1) is 0 Å². The van der Waals surface area contributed by atoms with Crippen LogP contribution in [0.5, 0.6) is 0 Å². The maximum absolute atomic E-state index is 12.2. The lowest BCUT2D eigenvalue weighted by molar-refractivity contribution is -0.146. The van der Waals surface area contributed by atoms with Gasteiger partial charge in [-0.05, 0) is 18.2 Å². The van der Waals surface area contributed by atoms with Gasteiger partial charge in [0.05, 0.1) is 20.1 Å². The van der Waals surface area contributed by atoms with E-state index in [1.165, 1.54) is 7.11 Å². The molecule has 2 N–H and O–H groups in total. The molecule has 2 rings (SSSR count). The van der Waals surface area contributed by atoms with Crippen molar-refractivity contribution in [1.29, 1.82) is 0 Å². The number of methoxy groups -OCH3 is 1. The van der Waals surface area contributed by atoms with Gasteiger partial charge in [-0.25, -0.2) is 0 Å². The molecule has 0 spiro atoms. The molecule has 1 aromatic carbocycles. The summed E-state index contributed by atoms with van der Waals surface area (Å²) in [6.07, 6.45) is -0.0769. The predicted octanol–water partition coefficient (Wildman–Crippen LogP) is 0.751. The number of anilines is 1. The molecule has 0 saturated carbocycles. The van der Waals surface area contributed by atoms with E-state index in [-0.39, 0.29) is 24.8 Å². The molecule has 0 bridgehead atoms. The number of rotatable bonds is 5. The van der Waals surface area contributed by atoms with Crippen molar-refractivity contribution in [3.05, 3.63) is 28.7 Å². The van der Waals surface area contributed by atoms with Gasteiger partial charge in [0.25, 0.3) is 0 Å². The standard InChI is InChI=1S/C15H18BrN3O4/c1-23-14(21)8-12-15(22)17-5-6-19(12)9-13(20)18-11-4-2-3-10(16)7-11/h2-4,7,12H,5-6,8-9H2,1H3,(H,17,22)(H,18,20)/t12-/m0/s1. The Balaban J connectivity index is 1.99. The molecule has 8 heteroatoms. The summed E-state index contributed by atoms with van der Waals surface area (Å²) >= 11 is 3.34.